The van der Waals surface area contributed by atoms with Crippen LogP contribution in [0, 0.1) is 0 Å². The fourth-order valence-corrected chi connectivity index (χ4v) is 0.932. The highest BCUT2D eigenvalue weighted by Gasteiger charge is 2.07. The topological polar surface area (TPSA) is 26.3 Å². The van der Waals surface area contributed by atoms with Gasteiger partial charge in [-0.3, -0.25) is 4.79 Å². The van der Waals surface area contributed by atoms with Crippen LogP contribution in [0.4, 0.5) is 0 Å². The van der Waals surface area contributed by atoms with Gasteiger partial charge in [0.15, 0.2) is 5.76 Å². The molecule has 2 nitrogen and oxygen atoms in total. The van der Waals surface area contributed by atoms with E-state index in [1.54, 1.807) is 18.2 Å². The molecule has 0 saturated carbocycles. The van der Waals surface area contributed by atoms with E-state index in [0.717, 1.165) is 0 Å². The van der Waals surface area contributed by atoms with Crippen LogP contribution in [0.2, 0.25) is 0 Å². The molecule has 0 heterocycles. The van der Waals surface area contributed by atoms with E-state index < -0.39 is 0 Å². The summed E-state index contributed by atoms with van der Waals surface area (Å²) in [6.07, 6.45) is 11.0. The number of ether oxygens (including phenoxy) is 1. The maximum atomic E-state index is 11.4. The zero-order valence-corrected chi connectivity index (χ0v) is 7.40. The van der Waals surface area contributed by atoms with Gasteiger partial charge >= 0.3 is 0 Å². The number of carbonyl (C=O) groups excluding carboxylic acids is 1. The Kier molecular flexibility index (Phi) is 3.76. The van der Waals surface area contributed by atoms with Crippen molar-refractivity contribution in [1.82, 2.24) is 0 Å². The molecule has 0 aromatic rings. The largest absolute Gasteiger partial charge is 0.486 e. The van der Waals surface area contributed by atoms with Gasteiger partial charge in [-0.2, -0.15) is 0 Å². The Balaban J connectivity index is 2.68. The van der Waals surface area contributed by atoms with Gasteiger partial charge in [0.2, 0.25) is 5.78 Å². The molecular weight excluding hydrogens is 164 g/mol. The van der Waals surface area contributed by atoms with Crippen LogP contribution in [-0.4, -0.2) is 12.4 Å². The van der Waals surface area contributed by atoms with Crippen molar-refractivity contribution >= 4 is 5.78 Å². The minimum absolute atomic E-state index is 0.00227. The summed E-state index contributed by atoms with van der Waals surface area (Å²) in [7, 11) is 0. The molecule has 0 atom stereocenters. The smallest absolute Gasteiger partial charge is 0.201 e. The Bertz CT molecular complexity index is 282. The van der Waals surface area contributed by atoms with Crippen LogP contribution in [0.25, 0.3) is 0 Å². The van der Waals surface area contributed by atoms with Crippen LogP contribution in [-0.2, 0) is 9.53 Å². The van der Waals surface area contributed by atoms with Crippen molar-refractivity contribution < 1.29 is 9.53 Å². The van der Waals surface area contributed by atoms with E-state index in [0.29, 0.717) is 18.8 Å². The van der Waals surface area contributed by atoms with Crippen molar-refractivity contribution in [2.24, 2.45) is 0 Å². The Morgan fingerprint density at radius 1 is 1.46 bits per heavy atom. The van der Waals surface area contributed by atoms with Crippen LogP contribution in [0.5, 0.6) is 0 Å². The van der Waals surface area contributed by atoms with Gasteiger partial charge in [-0.25, -0.2) is 0 Å². The van der Waals surface area contributed by atoms with Crippen molar-refractivity contribution in [3.63, 3.8) is 0 Å². The molecule has 0 amide bonds. The normalized spacial score (nSPS) is 24.9. The van der Waals surface area contributed by atoms with E-state index in [-0.39, 0.29) is 5.78 Å². The van der Waals surface area contributed by atoms with Crippen molar-refractivity contribution in [2.75, 3.05) is 6.61 Å². The molecule has 0 saturated heterocycles. The maximum Gasteiger partial charge on any atom is 0.201 e. The van der Waals surface area contributed by atoms with Crippen molar-refractivity contribution in [2.45, 2.75) is 6.42 Å². The quantitative estimate of drug-likeness (QED) is 0.616. The highest BCUT2D eigenvalue weighted by atomic mass is 16.5. The average Bonchev–Trinajstić information content (AvgIpc) is 2.11. The first-order chi connectivity index (χ1) is 6.34. The van der Waals surface area contributed by atoms with Crippen molar-refractivity contribution in [3.05, 3.63) is 48.8 Å². The predicted molar refractivity (Wildman–Crippen MR) is 52.1 cm³/mol. The second kappa shape index (κ2) is 5.14. The second-order valence-corrected chi connectivity index (χ2v) is 2.57. The lowest BCUT2D eigenvalue weighted by atomic mass is 10.2. The Labute approximate surface area is 77.9 Å². The molecule has 0 spiro atoms. The molecular formula is C11H12O2. The SMILES string of the molecule is C=CCO/C1=C/C=C\C=C/CC1=O. The molecule has 0 bridgehead atoms. The Morgan fingerprint density at radius 3 is 3.08 bits per heavy atom. The third kappa shape index (κ3) is 3.11. The maximum absolute atomic E-state index is 11.4. The molecule has 1 aliphatic rings. The number of hydrogen-bond acceptors (Lipinski definition) is 2. The lowest BCUT2D eigenvalue weighted by Gasteiger charge is -2.05. The third-order valence-corrected chi connectivity index (χ3v) is 1.54. The minimum Gasteiger partial charge on any atom is -0.486 e. The molecule has 1 rings (SSSR count). The third-order valence-electron chi connectivity index (χ3n) is 1.54. The van der Waals surface area contributed by atoms with Gasteiger partial charge in [0, 0.05) is 6.42 Å². The summed E-state index contributed by atoms with van der Waals surface area (Å²) in [5, 5.41) is 0. The second-order valence-electron chi connectivity index (χ2n) is 2.57. The van der Waals surface area contributed by atoms with Crippen molar-refractivity contribution in [1.29, 1.82) is 0 Å². The molecule has 0 aliphatic heterocycles. The van der Waals surface area contributed by atoms with E-state index in [1.165, 1.54) is 0 Å². The summed E-state index contributed by atoms with van der Waals surface area (Å²) in [5.41, 5.74) is 0. The number of rotatable bonds is 3. The summed E-state index contributed by atoms with van der Waals surface area (Å²) in [6.45, 7) is 3.89. The minimum atomic E-state index is 0.00227. The molecule has 2 heteroatoms. The molecule has 0 aromatic heterocycles. The molecule has 68 valence electrons. The van der Waals surface area contributed by atoms with E-state index >= 15 is 0 Å². The Hall–Kier alpha value is -1.57. The highest BCUT2D eigenvalue weighted by molar-refractivity contribution is 5.94. The predicted octanol–water partition coefficient (Wildman–Crippen LogP) is 2.16. The summed E-state index contributed by atoms with van der Waals surface area (Å²) in [6, 6.07) is 0. The van der Waals surface area contributed by atoms with E-state index in [2.05, 4.69) is 6.58 Å². The van der Waals surface area contributed by atoms with Crippen LogP contribution < -0.4 is 0 Å². The Morgan fingerprint density at radius 2 is 2.31 bits per heavy atom. The van der Waals surface area contributed by atoms with Gasteiger partial charge in [0.05, 0.1) is 0 Å². The number of hydrogen-bond donors (Lipinski definition) is 0. The molecule has 0 N–H and O–H groups in total. The molecule has 1 aliphatic carbocycles. The van der Waals surface area contributed by atoms with E-state index in [9.17, 15) is 4.79 Å². The molecule has 0 radical (unpaired) electrons. The highest BCUT2D eigenvalue weighted by Crippen LogP contribution is 2.06. The van der Waals surface area contributed by atoms with Crippen LogP contribution >= 0.6 is 0 Å². The summed E-state index contributed by atoms with van der Waals surface area (Å²) < 4.78 is 5.19. The molecule has 0 fully saturated rings. The van der Waals surface area contributed by atoms with E-state index in [4.69, 9.17) is 4.74 Å². The number of allylic oxidation sites excluding steroid dienone is 6. The zero-order valence-electron chi connectivity index (χ0n) is 7.40. The number of ketones is 1. The average molecular weight is 176 g/mol. The first kappa shape index (κ1) is 9.52. The van der Waals surface area contributed by atoms with Gasteiger partial charge in [-0.05, 0) is 6.08 Å². The first-order valence-electron chi connectivity index (χ1n) is 4.15. The van der Waals surface area contributed by atoms with Gasteiger partial charge in [0.1, 0.15) is 6.61 Å². The number of carbonyl (C=O) groups is 1. The monoisotopic (exact) mass is 176 g/mol. The van der Waals surface area contributed by atoms with Gasteiger partial charge in [-0.1, -0.05) is 37.0 Å². The summed E-state index contributed by atoms with van der Waals surface area (Å²) in [5.74, 6) is 0.406. The standard InChI is InChI=1S/C11H12O2/c1-2-9-13-11-8-6-4-3-5-7-10(11)12/h2-6,8H,1,7,9H2/b5-3-,6-4-,11-8+. The lowest BCUT2D eigenvalue weighted by Crippen LogP contribution is -2.05. The summed E-state index contributed by atoms with van der Waals surface area (Å²) in [4.78, 5) is 11.4. The lowest BCUT2D eigenvalue weighted by molar-refractivity contribution is -0.117. The van der Waals surface area contributed by atoms with Crippen LogP contribution in [0.1, 0.15) is 6.42 Å². The van der Waals surface area contributed by atoms with Gasteiger partial charge in [0.25, 0.3) is 0 Å². The van der Waals surface area contributed by atoms with E-state index in [1.807, 2.05) is 18.2 Å². The fourth-order valence-electron chi connectivity index (χ4n) is 0.932. The van der Waals surface area contributed by atoms with Gasteiger partial charge < -0.3 is 4.74 Å². The molecule has 0 aromatic carbocycles. The zero-order chi connectivity index (χ0) is 9.52. The molecule has 0 unspecified atom stereocenters. The first-order valence-corrected chi connectivity index (χ1v) is 4.15. The van der Waals surface area contributed by atoms with Crippen molar-refractivity contribution in [3.8, 4) is 0 Å². The fraction of sp³-hybridized carbons (Fsp3) is 0.182. The summed E-state index contributed by atoms with van der Waals surface area (Å²) >= 11 is 0. The molecule has 13 heavy (non-hydrogen) atoms. The van der Waals surface area contributed by atoms with Crippen LogP contribution in [0.3, 0.4) is 0 Å². The van der Waals surface area contributed by atoms with Crippen LogP contribution in [0.15, 0.2) is 48.8 Å². The van der Waals surface area contributed by atoms with Gasteiger partial charge in [-0.15, -0.1) is 0 Å². The number of Topliss-reactive ketones (excluding diaryl/α,β-unsaturated/α-hetero) is 1.